The van der Waals surface area contributed by atoms with Gasteiger partial charge in [-0.25, -0.2) is 4.79 Å². The second-order valence-corrected chi connectivity index (χ2v) is 4.54. The van der Waals surface area contributed by atoms with Crippen molar-refractivity contribution in [3.63, 3.8) is 0 Å². The summed E-state index contributed by atoms with van der Waals surface area (Å²) in [5, 5.41) is 2.41. The highest BCUT2D eigenvalue weighted by atomic mass is 19.4. The van der Waals surface area contributed by atoms with Crippen LogP contribution in [0, 0.1) is 0 Å². The summed E-state index contributed by atoms with van der Waals surface area (Å²) in [4.78, 5) is 23.3. The number of carbonyl (C=O) groups is 2. The van der Waals surface area contributed by atoms with E-state index in [2.05, 4.69) is 16.6 Å². The topological polar surface area (TPSA) is 55.4 Å². The maximum absolute atomic E-state index is 12.6. The van der Waals surface area contributed by atoms with Crippen LogP contribution in [0.2, 0.25) is 0 Å². The Balaban J connectivity index is 2.76. The van der Waals surface area contributed by atoms with Gasteiger partial charge in [-0.15, -0.1) is 6.58 Å². The summed E-state index contributed by atoms with van der Waals surface area (Å²) in [6.45, 7) is 3.46. The van der Waals surface area contributed by atoms with Crippen LogP contribution in [0.15, 0.2) is 36.9 Å². The molecule has 1 N–H and O–H groups in total. The summed E-state index contributed by atoms with van der Waals surface area (Å²) in [6, 6.07) is 3.57. The fourth-order valence-corrected chi connectivity index (χ4v) is 1.81. The van der Waals surface area contributed by atoms with E-state index in [1.807, 2.05) is 0 Å². The zero-order chi connectivity index (χ0) is 16.8. The van der Waals surface area contributed by atoms with Gasteiger partial charge in [0.2, 0.25) is 5.91 Å². The number of hydrogen-bond donors (Lipinski definition) is 1. The summed E-state index contributed by atoms with van der Waals surface area (Å²) < 4.78 is 42.3. The van der Waals surface area contributed by atoms with Crippen LogP contribution in [-0.4, -0.2) is 25.0 Å². The number of halogens is 3. The number of ether oxygens (including phenoxy) is 1. The molecule has 0 unspecified atom stereocenters. The van der Waals surface area contributed by atoms with Crippen molar-refractivity contribution in [3.05, 3.63) is 48.0 Å². The molecule has 22 heavy (non-hydrogen) atoms. The van der Waals surface area contributed by atoms with E-state index in [-0.39, 0.29) is 18.4 Å². The summed E-state index contributed by atoms with van der Waals surface area (Å²) in [6.07, 6.45) is -3.13. The number of esters is 1. The predicted octanol–water partition coefficient (Wildman–Crippen LogP) is 2.48. The van der Waals surface area contributed by atoms with Crippen molar-refractivity contribution in [3.8, 4) is 0 Å². The number of nitrogens with one attached hydrogen (secondary N) is 1. The lowest BCUT2D eigenvalue weighted by Crippen LogP contribution is -2.41. The highest BCUT2D eigenvalue weighted by Gasteiger charge is 2.30. The fourth-order valence-electron chi connectivity index (χ4n) is 1.81. The Morgan fingerprint density at radius 2 is 2.09 bits per heavy atom. The number of carbonyl (C=O) groups excluding carboxylic acids is 2. The minimum absolute atomic E-state index is 0.168. The van der Waals surface area contributed by atoms with Crippen molar-refractivity contribution >= 4 is 11.9 Å². The number of methoxy groups -OCH3 is 1. The predicted molar refractivity (Wildman–Crippen MR) is 73.9 cm³/mol. The van der Waals surface area contributed by atoms with Crippen LogP contribution in [0.4, 0.5) is 13.2 Å². The monoisotopic (exact) mass is 315 g/mol. The lowest BCUT2D eigenvalue weighted by Gasteiger charge is -2.15. The van der Waals surface area contributed by atoms with Crippen molar-refractivity contribution < 1.29 is 27.5 Å². The van der Waals surface area contributed by atoms with E-state index in [4.69, 9.17) is 0 Å². The van der Waals surface area contributed by atoms with Gasteiger partial charge >= 0.3 is 12.1 Å². The summed E-state index contributed by atoms with van der Waals surface area (Å²) in [5.74, 6) is -1.21. The standard InChI is InChI=1S/C15H16F3NO3/c1-3-5-12(14(21)22-2)19-13(20)9-10-6-4-7-11(8-10)15(16,17)18/h3-4,6-8,12H,1,5,9H2,2H3,(H,19,20)/t12-/m0/s1. The molecule has 0 saturated heterocycles. The van der Waals surface area contributed by atoms with Gasteiger partial charge in [0.05, 0.1) is 19.1 Å². The lowest BCUT2D eigenvalue weighted by atomic mass is 10.1. The van der Waals surface area contributed by atoms with Gasteiger partial charge in [-0.3, -0.25) is 4.79 Å². The molecule has 0 aliphatic carbocycles. The smallest absolute Gasteiger partial charge is 0.416 e. The minimum Gasteiger partial charge on any atom is -0.467 e. The van der Waals surface area contributed by atoms with E-state index < -0.39 is 29.7 Å². The molecule has 0 radical (unpaired) electrons. The van der Waals surface area contributed by atoms with Crippen molar-refractivity contribution in [2.45, 2.75) is 25.1 Å². The van der Waals surface area contributed by atoms with Crippen LogP contribution in [0.1, 0.15) is 17.5 Å². The van der Waals surface area contributed by atoms with Crippen LogP contribution in [0.3, 0.4) is 0 Å². The van der Waals surface area contributed by atoms with Gasteiger partial charge in [0, 0.05) is 0 Å². The molecule has 120 valence electrons. The quantitative estimate of drug-likeness (QED) is 0.648. The molecular weight excluding hydrogens is 299 g/mol. The molecule has 0 aromatic heterocycles. The molecule has 1 aromatic carbocycles. The number of alkyl halides is 3. The molecule has 0 heterocycles. The Morgan fingerprint density at radius 1 is 1.41 bits per heavy atom. The molecule has 7 heteroatoms. The van der Waals surface area contributed by atoms with Crippen LogP contribution < -0.4 is 5.32 Å². The first kappa shape index (κ1) is 17.7. The first-order chi connectivity index (χ1) is 10.3. The lowest BCUT2D eigenvalue weighted by molar-refractivity contribution is -0.144. The molecule has 0 fully saturated rings. The summed E-state index contributed by atoms with van der Waals surface area (Å²) >= 11 is 0. The maximum atomic E-state index is 12.6. The largest absolute Gasteiger partial charge is 0.467 e. The third-order valence-electron chi connectivity index (χ3n) is 2.84. The molecule has 1 atom stereocenters. The Labute approximate surface area is 126 Å². The summed E-state index contributed by atoms with van der Waals surface area (Å²) in [5.41, 5.74) is -0.622. The minimum atomic E-state index is -4.47. The van der Waals surface area contributed by atoms with Gasteiger partial charge in [-0.1, -0.05) is 24.3 Å². The van der Waals surface area contributed by atoms with Gasteiger partial charge < -0.3 is 10.1 Å². The second kappa shape index (κ2) is 7.63. The fraction of sp³-hybridized carbons (Fsp3) is 0.333. The average molecular weight is 315 g/mol. The first-order valence-corrected chi connectivity index (χ1v) is 6.42. The number of rotatable bonds is 6. The number of benzene rings is 1. The summed E-state index contributed by atoms with van der Waals surface area (Å²) in [7, 11) is 1.18. The Kier molecular flexibility index (Phi) is 6.15. The van der Waals surface area contributed by atoms with Gasteiger partial charge in [0.25, 0.3) is 0 Å². The van der Waals surface area contributed by atoms with Crippen molar-refractivity contribution in [1.29, 1.82) is 0 Å². The van der Waals surface area contributed by atoms with Crippen LogP contribution >= 0.6 is 0 Å². The van der Waals surface area contributed by atoms with Gasteiger partial charge in [-0.05, 0) is 18.1 Å². The molecule has 4 nitrogen and oxygen atoms in total. The van der Waals surface area contributed by atoms with Gasteiger partial charge in [0.1, 0.15) is 6.04 Å². The zero-order valence-corrected chi connectivity index (χ0v) is 11.9. The first-order valence-electron chi connectivity index (χ1n) is 6.42. The van der Waals surface area contributed by atoms with E-state index in [0.717, 1.165) is 12.1 Å². The third-order valence-corrected chi connectivity index (χ3v) is 2.84. The molecule has 0 saturated carbocycles. The van der Waals surface area contributed by atoms with E-state index in [0.29, 0.717) is 0 Å². The van der Waals surface area contributed by atoms with E-state index in [9.17, 15) is 22.8 Å². The zero-order valence-electron chi connectivity index (χ0n) is 11.9. The van der Waals surface area contributed by atoms with Crippen molar-refractivity contribution in [2.24, 2.45) is 0 Å². The maximum Gasteiger partial charge on any atom is 0.416 e. The number of hydrogen-bond acceptors (Lipinski definition) is 3. The van der Waals surface area contributed by atoms with E-state index >= 15 is 0 Å². The van der Waals surface area contributed by atoms with Gasteiger partial charge in [-0.2, -0.15) is 13.2 Å². The molecular formula is C15H16F3NO3. The number of amides is 1. The van der Waals surface area contributed by atoms with Crippen LogP contribution in [-0.2, 0) is 26.9 Å². The Morgan fingerprint density at radius 3 is 2.64 bits per heavy atom. The van der Waals surface area contributed by atoms with Crippen LogP contribution in [0.5, 0.6) is 0 Å². The average Bonchev–Trinajstić information content (AvgIpc) is 2.45. The molecule has 0 aliphatic rings. The van der Waals surface area contributed by atoms with E-state index in [1.165, 1.54) is 25.3 Å². The third kappa shape index (κ3) is 5.23. The molecule has 1 aromatic rings. The SMILES string of the molecule is C=CC[C@H](NC(=O)Cc1cccc(C(F)(F)F)c1)C(=O)OC. The van der Waals surface area contributed by atoms with Crippen LogP contribution in [0.25, 0.3) is 0 Å². The normalized spacial score (nSPS) is 12.4. The van der Waals surface area contributed by atoms with E-state index in [1.54, 1.807) is 0 Å². The van der Waals surface area contributed by atoms with Gasteiger partial charge in [0.15, 0.2) is 0 Å². The van der Waals surface area contributed by atoms with Crippen molar-refractivity contribution in [2.75, 3.05) is 7.11 Å². The molecule has 0 spiro atoms. The second-order valence-electron chi connectivity index (χ2n) is 4.54. The molecule has 0 aliphatic heterocycles. The highest BCUT2D eigenvalue weighted by Crippen LogP contribution is 2.29. The molecule has 0 bridgehead atoms. The molecule has 1 rings (SSSR count). The van der Waals surface area contributed by atoms with Crippen molar-refractivity contribution in [1.82, 2.24) is 5.32 Å². The Hall–Kier alpha value is -2.31. The molecule has 1 amide bonds. The Bertz CT molecular complexity index is 555. The highest BCUT2D eigenvalue weighted by molar-refractivity contribution is 5.85.